The molecule has 0 atom stereocenters. The van der Waals surface area contributed by atoms with Crippen molar-refractivity contribution < 1.29 is 36.6 Å². The lowest BCUT2D eigenvalue weighted by atomic mass is 10.2. The Morgan fingerprint density at radius 3 is 2.29 bits per heavy atom. The third kappa shape index (κ3) is 6.47. The van der Waals surface area contributed by atoms with Crippen molar-refractivity contribution in [3.63, 3.8) is 0 Å². The molecule has 0 aromatic heterocycles. The third-order valence-electron chi connectivity index (χ3n) is 5.17. The maximum absolute atomic E-state index is 13.8. The van der Waals surface area contributed by atoms with Gasteiger partial charge in [0.2, 0.25) is 5.91 Å². The van der Waals surface area contributed by atoms with Gasteiger partial charge in [0, 0.05) is 11.8 Å². The van der Waals surface area contributed by atoms with Crippen LogP contribution < -0.4 is 19.1 Å². The first-order valence-electron chi connectivity index (χ1n) is 11.0. The fraction of sp³-hybridized carbons (Fsp3) is 0.200. The van der Waals surface area contributed by atoms with Crippen LogP contribution in [0, 0.1) is 5.82 Å². The van der Waals surface area contributed by atoms with E-state index in [0.29, 0.717) is 5.75 Å². The van der Waals surface area contributed by atoms with E-state index < -0.39 is 34.3 Å². The van der Waals surface area contributed by atoms with Gasteiger partial charge in [-0.25, -0.2) is 17.6 Å². The number of nitrogens with one attached hydrogen (secondary N) is 1. The number of benzene rings is 3. The zero-order chi connectivity index (χ0) is 28.0. The lowest BCUT2D eigenvalue weighted by molar-refractivity contribution is -0.114. The van der Waals surface area contributed by atoms with Crippen LogP contribution in [0.2, 0.25) is 10.0 Å². The Bertz CT molecular complexity index is 1470. The number of hydrogen-bond acceptors (Lipinski definition) is 7. The smallest absolute Gasteiger partial charge is 0.339 e. The molecule has 0 heterocycles. The second-order valence-corrected chi connectivity index (χ2v) is 10.3. The summed E-state index contributed by atoms with van der Waals surface area (Å²) in [6, 6.07) is 11.3. The molecule has 1 N–H and O–H groups in total. The number of carbonyl (C=O) groups excluding carboxylic acids is 2. The molecule has 0 aliphatic heterocycles. The molecule has 13 heteroatoms. The molecule has 3 aromatic rings. The van der Waals surface area contributed by atoms with Crippen LogP contribution in [-0.2, 0) is 19.6 Å². The summed E-state index contributed by atoms with van der Waals surface area (Å²) in [5, 5.41) is 2.30. The van der Waals surface area contributed by atoms with E-state index in [2.05, 4.69) is 5.32 Å². The summed E-state index contributed by atoms with van der Waals surface area (Å²) in [4.78, 5) is 24.9. The number of nitrogens with zero attached hydrogens (tertiary/aromatic N) is 1. The molecule has 3 aromatic carbocycles. The highest BCUT2D eigenvalue weighted by Crippen LogP contribution is 2.33. The zero-order valence-electron chi connectivity index (χ0n) is 20.5. The number of halogens is 3. The molecule has 0 spiro atoms. The maximum atomic E-state index is 13.8. The largest absolute Gasteiger partial charge is 0.493 e. The second kappa shape index (κ2) is 12.3. The Balaban J connectivity index is 1.99. The lowest BCUT2D eigenvalue weighted by Crippen LogP contribution is -2.38. The van der Waals surface area contributed by atoms with Gasteiger partial charge in [-0.05, 0) is 55.5 Å². The van der Waals surface area contributed by atoms with Crippen molar-refractivity contribution in [2.45, 2.75) is 11.8 Å². The van der Waals surface area contributed by atoms with Gasteiger partial charge >= 0.3 is 5.97 Å². The van der Waals surface area contributed by atoms with Crippen molar-refractivity contribution in [1.29, 1.82) is 0 Å². The molecule has 0 radical (unpaired) electrons. The molecule has 9 nitrogen and oxygen atoms in total. The summed E-state index contributed by atoms with van der Waals surface area (Å²) in [5.41, 5.74) is 0.124. The molecule has 0 bridgehead atoms. The number of rotatable bonds is 10. The molecule has 0 saturated heterocycles. The van der Waals surface area contributed by atoms with Crippen LogP contribution in [0.5, 0.6) is 11.5 Å². The van der Waals surface area contributed by atoms with Gasteiger partial charge in [-0.2, -0.15) is 0 Å². The number of methoxy groups -OCH3 is 2. The van der Waals surface area contributed by atoms with Crippen LogP contribution in [-0.4, -0.2) is 47.7 Å². The number of carbonyl (C=O) groups is 2. The highest BCUT2D eigenvalue weighted by molar-refractivity contribution is 7.92. The molecular formula is C25H23Cl2FN2O7S. The summed E-state index contributed by atoms with van der Waals surface area (Å²) < 4.78 is 57.3. The van der Waals surface area contributed by atoms with Crippen LogP contribution in [0.4, 0.5) is 15.8 Å². The normalized spacial score (nSPS) is 11.0. The van der Waals surface area contributed by atoms with Gasteiger partial charge in [0.05, 0.1) is 47.0 Å². The first-order valence-corrected chi connectivity index (χ1v) is 13.2. The average Bonchev–Trinajstić information content (AvgIpc) is 2.89. The second-order valence-electron chi connectivity index (χ2n) is 7.59. The van der Waals surface area contributed by atoms with Crippen LogP contribution in [0.1, 0.15) is 17.3 Å². The standard InChI is InChI=1S/C25H23Cl2FN2O7S/c1-4-37-25(32)18-11-15(5-8-19(18)26)29-24(31)14-30(16-6-9-21(28)20(27)12-16)38(33,34)17-7-10-22(35-2)23(13-17)36-3/h5-13H,4,14H2,1-3H3,(H,29,31). The number of esters is 1. The fourth-order valence-corrected chi connectivity index (χ4v) is 5.16. The highest BCUT2D eigenvalue weighted by Gasteiger charge is 2.29. The Morgan fingerprint density at radius 1 is 0.947 bits per heavy atom. The van der Waals surface area contributed by atoms with E-state index in [1.807, 2.05) is 0 Å². The molecule has 38 heavy (non-hydrogen) atoms. The highest BCUT2D eigenvalue weighted by atomic mass is 35.5. The van der Waals surface area contributed by atoms with Gasteiger partial charge in [0.1, 0.15) is 12.4 Å². The molecule has 0 fully saturated rings. The predicted molar refractivity (Wildman–Crippen MR) is 142 cm³/mol. The number of ether oxygens (including phenoxy) is 3. The molecule has 0 unspecified atom stereocenters. The number of sulfonamides is 1. The van der Waals surface area contributed by atoms with E-state index in [9.17, 15) is 22.4 Å². The van der Waals surface area contributed by atoms with Crippen molar-refractivity contribution in [2.75, 3.05) is 37.0 Å². The predicted octanol–water partition coefficient (Wildman–Crippen LogP) is 5.16. The molecule has 0 aliphatic carbocycles. The minimum absolute atomic E-state index is 0.0199. The Hall–Kier alpha value is -3.54. The van der Waals surface area contributed by atoms with Gasteiger partial charge in [-0.15, -0.1) is 0 Å². The van der Waals surface area contributed by atoms with Crippen molar-refractivity contribution in [3.05, 3.63) is 76.0 Å². The Kier molecular flexibility index (Phi) is 9.42. The molecule has 0 saturated carbocycles. The van der Waals surface area contributed by atoms with Gasteiger partial charge in [-0.1, -0.05) is 23.2 Å². The maximum Gasteiger partial charge on any atom is 0.339 e. The fourth-order valence-electron chi connectivity index (χ4n) is 3.36. The van der Waals surface area contributed by atoms with Crippen LogP contribution in [0.3, 0.4) is 0 Å². The zero-order valence-corrected chi connectivity index (χ0v) is 22.8. The molecule has 202 valence electrons. The monoisotopic (exact) mass is 584 g/mol. The van der Waals surface area contributed by atoms with Crippen LogP contribution >= 0.6 is 23.2 Å². The molecular weight excluding hydrogens is 562 g/mol. The summed E-state index contributed by atoms with van der Waals surface area (Å²) in [5.74, 6) is -1.79. The summed E-state index contributed by atoms with van der Waals surface area (Å²) >= 11 is 12.0. The average molecular weight is 585 g/mol. The lowest BCUT2D eigenvalue weighted by Gasteiger charge is -2.25. The quantitative estimate of drug-likeness (QED) is 0.327. The van der Waals surface area contributed by atoms with E-state index in [1.54, 1.807) is 6.92 Å². The molecule has 3 rings (SSSR count). The van der Waals surface area contributed by atoms with E-state index >= 15 is 0 Å². The van der Waals surface area contributed by atoms with Crippen molar-refractivity contribution >= 4 is 56.5 Å². The SMILES string of the molecule is CCOC(=O)c1cc(NC(=O)CN(c2ccc(F)c(Cl)c2)S(=O)(=O)c2ccc(OC)c(OC)c2)ccc1Cl. The summed E-state index contributed by atoms with van der Waals surface area (Å²) in [6.07, 6.45) is 0. The first kappa shape index (κ1) is 29.0. The van der Waals surface area contributed by atoms with Gasteiger partial charge in [0.15, 0.2) is 11.5 Å². The molecule has 1 amide bonds. The van der Waals surface area contributed by atoms with Crippen molar-refractivity contribution in [2.24, 2.45) is 0 Å². The number of amides is 1. The van der Waals surface area contributed by atoms with E-state index in [-0.39, 0.29) is 44.2 Å². The van der Waals surface area contributed by atoms with E-state index in [0.717, 1.165) is 16.4 Å². The summed E-state index contributed by atoms with van der Waals surface area (Å²) in [6.45, 7) is 1.03. The van der Waals surface area contributed by atoms with Crippen LogP contribution in [0.15, 0.2) is 59.5 Å². The number of anilines is 2. The van der Waals surface area contributed by atoms with Crippen LogP contribution in [0.25, 0.3) is 0 Å². The minimum atomic E-state index is -4.40. The summed E-state index contributed by atoms with van der Waals surface area (Å²) in [7, 11) is -1.66. The first-order chi connectivity index (χ1) is 18.0. The number of hydrogen-bond donors (Lipinski definition) is 1. The van der Waals surface area contributed by atoms with Gasteiger partial charge < -0.3 is 19.5 Å². The third-order valence-corrected chi connectivity index (χ3v) is 7.56. The Morgan fingerprint density at radius 2 is 1.66 bits per heavy atom. The minimum Gasteiger partial charge on any atom is -0.493 e. The van der Waals surface area contributed by atoms with Crippen molar-refractivity contribution in [1.82, 2.24) is 0 Å². The van der Waals surface area contributed by atoms with E-state index in [4.69, 9.17) is 37.4 Å². The Labute approximate surface area is 229 Å². The molecule has 0 aliphatic rings. The van der Waals surface area contributed by atoms with Gasteiger partial charge in [0.25, 0.3) is 10.0 Å². The van der Waals surface area contributed by atoms with E-state index in [1.165, 1.54) is 56.7 Å². The topological polar surface area (TPSA) is 111 Å². The van der Waals surface area contributed by atoms with Crippen molar-refractivity contribution in [3.8, 4) is 11.5 Å². The van der Waals surface area contributed by atoms with Gasteiger partial charge in [-0.3, -0.25) is 9.10 Å².